The average molecular weight is 346 g/mol. The zero-order valence-corrected chi connectivity index (χ0v) is 16.4. The molecule has 1 N–H and O–H groups in total. The Bertz CT molecular complexity index is 597. The van der Waals surface area contributed by atoms with Gasteiger partial charge in [-0.2, -0.15) is 0 Å². The van der Waals surface area contributed by atoms with Gasteiger partial charge in [0.25, 0.3) is 0 Å². The fourth-order valence-corrected chi connectivity index (χ4v) is 7.18. The van der Waals surface area contributed by atoms with Crippen LogP contribution < -0.4 is 0 Å². The van der Waals surface area contributed by atoms with Crippen molar-refractivity contribution in [3.8, 4) is 0 Å². The van der Waals surface area contributed by atoms with E-state index >= 15 is 0 Å². The molecule has 3 nitrogen and oxygen atoms in total. The number of Topliss-reactive ketones (excluding diaryl/α,β-unsaturated/α-hetero) is 1. The van der Waals surface area contributed by atoms with Crippen LogP contribution in [-0.4, -0.2) is 42.5 Å². The highest BCUT2D eigenvalue weighted by molar-refractivity contribution is 5.89. The van der Waals surface area contributed by atoms with E-state index in [0.717, 1.165) is 45.1 Å². The van der Waals surface area contributed by atoms with Crippen molar-refractivity contribution in [2.45, 2.75) is 64.9 Å². The second kappa shape index (κ2) is 5.92. The van der Waals surface area contributed by atoms with Gasteiger partial charge in [0.2, 0.25) is 0 Å². The maximum atomic E-state index is 13.2. The fourth-order valence-electron chi connectivity index (χ4n) is 7.18. The van der Waals surface area contributed by atoms with Gasteiger partial charge in [-0.25, -0.2) is 0 Å². The Morgan fingerprint density at radius 3 is 2.60 bits per heavy atom. The van der Waals surface area contributed by atoms with Crippen molar-refractivity contribution in [1.29, 1.82) is 0 Å². The summed E-state index contributed by atoms with van der Waals surface area (Å²) in [6.07, 6.45) is 9.77. The van der Waals surface area contributed by atoms with Crippen LogP contribution in [0.15, 0.2) is 11.6 Å². The van der Waals surface area contributed by atoms with Crippen LogP contribution in [0.2, 0.25) is 0 Å². The van der Waals surface area contributed by atoms with E-state index in [2.05, 4.69) is 38.9 Å². The van der Waals surface area contributed by atoms with Crippen molar-refractivity contribution in [3.63, 3.8) is 0 Å². The van der Waals surface area contributed by atoms with Crippen LogP contribution in [0.4, 0.5) is 0 Å². The molecule has 3 fully saturated rings. The maximum absolute atomic E-state index is 13.2. The Hall–Kier alpha value is -0.670. The van der Waals surface area contributed by atoms with Crippen molar-refractivity contribution in [1.82, 2.24) is 4.90 Å². The molecular formula is C22H35NO2. The third-order valence-corrected chi connectivity index (χ3v) is 8.53. The number of allylic oxidation sites excluding steroid dienone is 1. The lowest BCUT2D eigenvalue weighted by Gasteiger charge is -2.56. The summed E-state index contributed by atoms with van der Waals surface area (Å²) in [6.45, 7) is 5.64. The Kier molecular flexibility index (Phi) is 4.20. The van der Waals surface area contributed by atoms with Gasteiger partial charge in [0, 0.05) is 17.9 Å². The van der Waals surface area contributed by atoms with Crippen molar-refractivity contribution < 1.29 is 9.90 Å². The average Bonchev–Trinajstić information content (AvgIpc) is 2.79. The molecule has 0 saturated heterocycles. The van der Waals surface area contributed by atoms with Crippen LogP contribution >= 0.6 is 0 Å². The minimum atomic E-state index is -0.137. The second-order valence-corrected chi connectivity index (χ2v) is 10.2. The van der Waals surface area contributed by atoms with Crippen LogP contribution in [0, 0.1) is 34.5 Å². The van der Waals surface area contributed by atoms with Gasteiger partial charge < -0.3 is 10.0 Å². The number of aliphatic hydroxyl groups is 1. The molecule has 0 aromatic carbocycles. The Morgan fingerprint density at radius 2 is 1.88 bits per heavy atom. The van der Waals surface area contributed by atoms with Crippen molar-refractivity contribution in [2.24, 2.45) is 34.5 Å². The van der Waals surface area contributed by atoms with Gasteiger partial charge in [-0.05, 0) is 82.2 Å². The van der Waals surface area contributed by atoms with E-state index in [1.54, 1.807) is 0 Å². The molecule has 0 aromatic rings. The van der Waals surface area contributed by atoms with E-state index in [4.69, 9.17) is 0 Å². The lowest BCUT2D eigenvalue weighted by Crippen LogP contribution is -2.50. The fraction of sp³-hybridized carbons (Fsp3) is 0.864. The molecule has 0 heterocycles. The summed E-state index contributed by atoms with van der Waals surface area (Å²) in [7, 11) is 4.18. The molecule has 0 spiro atoms. The van der Waals surface area contributed by atoms with E-state index in [-0.39, 0.29) is 22.9 Å². The van der Waals surface area contributed by atoms with E-state index in [0.29, 0.717) is 23.5 Å². The summed E-state index contributed by atoms with van der Waals surface area (Å²) in [5.41, 5.74) is 1.70. The Labute approximate surface area is 152 Å². The van der Waals surface area contributed by atoms with Gasteiger partial charge in [-0.15, -0.1) is 0 Å². The lowest BCUT2D eigenvalue weighted by atomic mass is 9.48. The van der Waals surface area contributed by atoms with E-state index in [1.165, 1.54) is 12.0 Å². The number of carbonyl (C=O) groups is 1. The van der Waals surface area contributed by atoms with Crippen molar-refractivity contribution in [3.05, 3.63) is 11.6 Å². The third kappa shape index (κ3) is 2.56. The molecule has 3 saturated carbocycles. The van der Waals surface area contributed by atoms with E-state index < -0.39 is 0 Å². The first kappa shape index (κ1) is 17.7. The molecule has 4 aliphatic carbocycles. The van der Waals surface area contributed by atoms with Crippen LogP contribution in [-0.2, 0) is 4.79 Å². The number of aliphatic hydroxyl groups excluding tert-OH is 1. The molecule has 0 amide bonds. The van der Waals surface area contributed by atoms with Crippen LogP contribution in [0.3, 0.4) is 0 Å². The summed E-state index contributed by atoms with van der Waals surface area (Å²) in [6, 6.07) is 0. The topological polar surface area (TPSA) is 40.5 Å². The van der Waals surface area contributed by atoms with Gasteiger partial charge >= 0.3 is 0 Å². The zero-order chi connectivity index (χ0) is 18.0. The molecule has 3 heteroatoms. The second-order valence-electron chi connectivity index (χ2n) is 10.2. The van der Waals surface area contributed by atoms with Gasteiger partial charge in [0.1, 0.15) is 5.78 Å². The largest absolute Gasteiger partial charge is 0.393 e. The van der Waals surface area contributed by atoms with Crippen LogP contribution in [0.5, 0.6) is 0 Å². The lowest BCUT2D eigenvalue weighted by molar-refractivity contribution is -0.134. The Morgan fingerprint density at radius 1 is 1.16 bits per heavy atom. The van der Waals surface area contributed by atoms with Gasteiger partial charge in [-0.3, -0.25) is 4.79 Å². The maximum Gasteiger partial charge on any atom is 0.143 e. The first-order chi connectivity index (χ1) is 11.8. The molecular weight excluding hydrogens is 310 g/mol. The molecule has 140 valence electrons. The number of carbonyl (C=O) groups excluding carboxylic acids is 1. The zero-order valence-electron chi connectivity index (χ0n) is 16.4. The van der Waals surface area contributed by atoms with Gasteiger partial charge in [0.15, 0.2) is 0 Å². The minimum Gasteiger partial charge on any atom is -0.393 e. The highest BCUT2D eigenvalue weighted by Crippen LogP contribution is 2.64. The smallest absolute Gasteiger partial charge is 0.143 e. The monoisotopic (exact) mass is 345 g/mol. The van der Waals surface area contributed by atoms with E-state index in [1.807, 2.05) is 0 Å². The first-order valence-corrected chi connectivity index (χ1v) is 10.3. The molecule has 0 bridgehead atoms. The molecule has 0 aromatic heterocycles. The molecule has 4 rings (SSSR count). The van der Waals surface area contributed by atoms with Crippen LogP contribution in [0.1, 0.15) is 58.8 Å². The highest BCUT2D eigenvalue weighted by atomic mass is 16.3. The van der Waals surface area contributed by atoms with Crippen molar-refractivity contribution in [2.75, 3.05) is 20.6 Å². The summed E-state index contributed by atoms with van der Waals surface area (Å²) >= 11 is 0. The summed E-state index contributed by atoms with van der Waals surface area (Å²) in [5, 5.41) is 10.1. The molecule has 0 radical (unpaired) electrons. The SMILES string of the molecule is CN(C)C[C@@H]1C[C@@H]2[C@@H]3CC=C4C[C@H](O)CC[C@]4(C)[C@H]3CC[C@]2(C)C1=O. The molecule has 0 aliphatic heterocycles. The third-order valence-electron chi connectivity index (χ3n) is 8.53. The number of ketones is 1. The summed E-state index contributed by atoms with van der Waals surface area (Å²) in [4.78, 5) is 15.4. The van der Waals surface area contributed by atoms with Crippen LogP contribution in [0.25, 0.3) is 0 Å². The number of fused-ring (bicyclic) bond motifs is 5. The first-order valence-electron chi connectivity index (χ1n) is 10.3. The predicted octanol–water partition coefficient (Wildman–Crippen LogP) is 3.67. The standard InChI is InChI=1S/C22H35NO2/c1-21-9-7-16(24)12-15(21)5-6-17-18(21)8-10-22(2)19(17)11-14(20(22)25)13-23(3)4/h5,14,16-19,24H,6-13H2,1-4H3/t14-,16+,17+,18-,19+,21-,22-/m0/s1. The summed E-state index contributed by atoms with van der Waals surface area (Å²) in [5.74, 6) is 2.71. The van der Waals surface area contributed by atoms with E-state index in [9.17, 15) is 9.90 Å². The van der Waals surface area contributed by atoms with Gasteiger partial charge in [0.05, 0.1) is 6.10 Å². The molecule has 25 heavy (non-hydrogen) atoms. The highest BCUT2D eigenvalue weighted by Gasteiger charge is 2.60. The molecule has 4 aliphatic rings. The Balaban J connectivity index is 1.63. The minimum absolute atomic E-state index is 0.0856. The number of rotatable bonds is 2. The number of nitrogens with zero attached hydrogens (tertiary/aromatic N) is 1. The molecule has 0 unspecified atom stereocenters. The quantitative estimate of drug-likeness (QED) is 0.776. The predicted molar refractivity (Wildman–Crippen MR) is 100 cm³/mol. The normalized spacial score (nSPS) is 49.4. The molecule has 7 atom stereocenters. The van der Waals surface area contributed by atoms with Gasteiger partial charge in [-0.1, -0.05) is 25.5 Å². The summed E-state index contributed by atoms with van der Waals surface area (Å²) < 4.78 is 0. The number of hydrogen-bond acceptors (Lipinski definition) is 3. The number of hydrogen-bond donors (Lipinski definition) is 1. The van der Waals surface area contributed by atoms with Crippen molar-refractivity contribution >= 4 is 5.78 Å².